The van der Waals surface area contributed by atoms with Crippen molar-refractivity contribution in [2.24, 2.45) is 32.8 Å². The highest BCUT2D eigenvalue weighted by molar-refractivity contribution is 6.22. The molecule has 1 spiro atoms. The first-order valence-electron chi connectivity index (χ1n) is 10.2. The Morgan fingerprint density at radius 2 is 1.50 bits per heavy atom. The zero-order valence-electron chi connectivity index (χ0n) is 19.4. The van der Waals surface area contributed by atoms with Crippen LogP contribution in [0.1, 0.15) is 11.6 Å². The quantitative estimate of drug-likeness (QED) is 0.0841. The zero-order chi connectivity index (χ0) is 31.1. The number of nitrogens with one attached hydrogen (secondary N) is 2. The number of azide groups is 2. The number of anilines is 1. The number of aliphatic hydroxyl groups excluding tert-OH is 1. The molecule has 1 aromatic heterocycles. The molecule has 1 unspecified atom stereocenters. The number of aliphatic hydroxyl groups is 1. The predicted octanol–water partition coefficient (Wildman–Crippen LogP) is 1.79. The van der Waals surface area contributed by atoms with E-state index >= 15 is 0 Å². The van der Waals surface area contributed by atoms with Crippen LogP contribution in [-0.4, -0.2) is 85.8 Å². The standard InChI is InChI=1S/C12H17ClN12O.2C2HF3O2/c13-8-5(2-20-25-17)4(1-19-24-16)7(6-3-18-10(14)21-6)12(8)9(26)22-11(15)23-12;2*3-2(4,5)1(6)7/h3-5,7-9,26H,1-2H2,(H3,14,18,21)(H3,15,22,23);2*(H,6,7)/t4-,5-,7-,8+,9?,12+;;/m1../s1. The highest BCUT2D eigenvalue weighted by Gasteiger charge is 2.65. The summed E-state index contributed by atoms with van der Waals surface area (Å²) in [4.78, 5) is 34.3. The fourth-order valence-corrected chi connectivity index (χ4v) is 4.65. The van der Waals surface area contributed by atoms with Crippen molar-refractivity contribution in [2.75, 3.05) is 18.8 Å². The van der Waals surface area contributed by atoms with Crippen molar-refractivity contribution in [1.82, 2.24) is 15.3 Å². The lowest BCUT2D eigenvalue weighted by atomic mass is 9.79. The van der Waals surface area contributed by atoms with Gasteiger partial charge in [0.25, 0.3) is 0 Å². The third kappa shape index (κ3) is 7.85. The number of aromatic amines is 1. The number of guanidine groups is 1. The molecule has 2 heterocycles. The third-order valence-electron chi connectivity index (χ3n) is 5.50. The van der Waals surface area contributed by atoms with Crippen LogP contribution in [-0.2, 0) is 9.59 Å². The number of H-pyrrole nitrogens is 1. The summed E-state index contributed by atoms with van der Waals surface area (Å²) < 4.78 is 63.5. The van der Waals surface area contributed by atoms with E-state index in [1.54, 1.807) is 0 Å². The summed E-state index contributed by atoms with van der Waals surface area (Å²) in [7, 11) is 0. The fourth-order valence-electron chi connectivity index (χ4n) is 4.08. The van der Waals surface area contributed by atoms with Gasteiger partial charge in [0.15, 0.2) is 18.1 Å². The number of aliphatic imine (C=N–C) groups is 1. The molecule has 222 valence electrons. The average molecular weight is 609 g/mol. The second-order valence-corrected chi connectivity index (χ2v) is 8.28. The minimum absolute atomic E-state index is 0.0348. The van der Waals surface area contributed by atoms with E-state index in [1.807, 2.05) is 0 Å². The third-order valence-corrected chi connectivity index (χ3v) is 6.19. The highest BCUT2D eigenvalue weighted by atomic mass is 35.5. The lowest BCUT2D eigenvalue weighted by Crippen LogP contribution is -2.59. The van der Waals surface area contributed by atoms with Crippen molar-refractivity contribution in [3.8, 4) is 0 Å². The molecule has 0 saturated heterocycles. The summed E-state index contributed by atoms with van der Waals surface area (Å²) in [5, 5.41) is 34.5. The Labute approximate surface area is 222 Å². The van der Waals surface area contributed by atoms with Gasteiger partial charge in [0, 0.05) is 34.5 Å². The number of imidazole rings is 1. The Kier molecular flexibility index (Phi) is 11.1. The second kappa shape index (κ2) is 13.2. The van der Waals surface area contributed by atoms with Gasteiger partial charge < -0.3 is 37.1 Å². The van der Waals surface area contributed by atoms with E-state index in [-0.39, 0.29) is 30.9 Å². The molecule has 0 amide bonds. The number of alkyl halides is 7. The molecular formula is C16H19ClF6N12O5. The van der Waals surface area contributed by atoms with Gasteiger partial charge in [-0.2, -0.15) is 26.3 Å². The lowest BCUT2D eigenvalue weighted by molar-refractivity contribution is -0.193. The molecule has 2 aliphatic rings. The molecule has 3 rings (SSSR count). The van der Waals surface area contributed by atoms with Crippen LogP contribution in [0.3, 0.4) is 0 Å². The van der Waals surface area contributed by atoms with E-state index in [0.29, 0.717) is 5.69 Å². The van der Waals surface area contributed by atoms with Crippen LogP contribution < -0.4 is 16.8 Å². The molecule has 1 fully saturated rings. The fraction of sp³-hybridized carbons (Fsp3) is 0.625. The van der Waals surface area contributed by atoms with Crippen molar-refractivity contribution in [2.45, 2.75) is 35.4 Å². The summed E-state index contributed by atoms with van der Waals surface area (Å²) >= 11 is 6.73. The summed E-state index contributed by atoms with van der Waals surface area (Å²) in [6, 6.07) is 0. The summed E-state index contributed by atoms with van der Waals surface area (Å²) in [5.74, 6) is -6.63. The molecule has 1 saturated carbocycles. The molecule has 6 atom stereocenters. The Balaban J connectivity index is 0.000000473. The number of hydrogen-bond acceptors (Lipinski definition) is 10. The van der Waals surface area contributed by atoms with Crippen LogP contribution in [0.2, 0.25) is 0 Å². The first-order valence-corrected chi connectivity index (χ1v) is 10.6. The van der Waals surface area contributed by atoms with Gasteiger partial charge in [0.05, 0.1) is 11.6 Å². The van der Waals surface area contributed by atoms with Gasteiger partial charge in [0.1, 0.15) is 5.54 Å². The van der Waals surface area contributed by atoms with Crippen LogP contribution >= 0.6 is 11.6 Å². The van der Waals surface area contributed by atoms with Gasteiger partial charge in [-0.3, -0.25) is 0 Å². The van der Waals surface area contributed by atoms with Crippen molar-refractivity contribution in [3.05, 3.63) is 32.8 Å². The summed E-state index contributed by atoms with van der Waals surface area (Å²) in [6.07, 6.45) is -9.91. The van der Waals surface area contributed by atoms with Gasteiger partial charge in [0.2, 0.25) is 0 Å². The normalized spacial score (nSPS) is 27.0. The Hall–Kier alpha value is -4.33. The maximum absolute atomic E-state index is 10.7. The maximum Gasteiger partial charge on any atom is 0.490 e. The number of hydrogen-bond donors (Lipinski definition) is 7. The van der Waals surface area contributed by atoms with Gasteiger partial charge >= 0.3 is 24.3 Å². The smallest absolute Gasteiger partial charge is 0.475 e. The minimum atomic E-state index is -5.08. The molecule has 1 aromatic rings. The Morgan fingerprint density at radius 3 is 1.82 bits per heavy atom. The van der Waals surface area contributed by atoms with E-state index in [4.69, 9.17) is 53.9 Å². The largest absolute Gasteiger partial charge is 0.490 e. The Morgan fingerprint density at radius 1 is 1.05 bits per heavy atom. The van der Waals surface area contributed by atoms with Gasteiger partial charge in [-0.25, -0.2) is 19.6 Å². The van der Waals surface area contributed by atoms with Crippen LogP contribution in [0, 0.1) is 11.8 Å². The minimum Gasteiger partial charge on any atom is -0.475 e. The molecule has 17 nitrogen and oxygen atoms in total. The Bertz CT molecular complexity index is 1170. The van der Waals surface area contributed by atoms with Crippen molar-refractivity contribution >= 4 is 35.4 Å². The number of nitrogen functional groups attached to an aromatic ring is 1. The van der Waals surface area contributed by atoms with Crippen molar-refractivity contribution in [1.29, 1.82) is 0 Å². The average Bonchev–Trinajstić information content (AvgIpc) is 3.45. The molecule has 40 heavy (non-hydrogen) atoms. The van der Waals surface area contributed by atoms with Crippen LogP contribution in [0.25, 0.3) is 20.9 Å². The van der Waals surface area contributed by atoms with E-state index in [2.05, 4.69) is 40.3 Å². The summed E-state index contributed by atoms with van der Waals surface area (Å²) in [5.41, 5.74) is 28.3. The highest BCUT2D eigenvalue weighted by Crippen LogP contribution is 2.55. The number of carboxylic acids is 2. The first-order chi connectivity index (χ1) is 18.3. The second-order valence-electron chi connectivity index (χ2n) is 7.81. The van der Waals surface area contributed by atoms with Gasteiger partial charge in [-0.15, -0.1) is 11.6 Å². The maximum atomic E-state index is 10.7. The number of carbonyl (C=O) groups is 2. The molecule has 0 radical (unpaired) electrons. The van der Waals surface area contributed by atoms with Gasteiger partial charge in [-0.1, -0.05) is 10.2 Å². The van der Waals surface area contributed by atoms with Crippen molar-refractivity contribution < 1.29 is 51.3 Å². The van der Waals surface area contributed by atoms with E-state index in [9.17, 15) is 31.4 Å². The number of nitrogens with two attached hydrogens (primary N) is 2. The van der Waals surface area contributed by atoms with Crippen LogP contribution in [0.15, 0.2) is 21.4 Å². The number of halogens is 7. The van der Waals surface area contributed by atoms with Gasteiger partial charge in [-0.05, 0) is 22.9 Å². The number of rotatable bonds is 5. The topological polar surface area (TPSA) is 297 Å². The van der Waals surface area contributed by atoms with E-state index in [0.717, 1.165) is 0 Å². The molecule has 24 heteroatoms. The number of aromatic nitrogens is 2. The molecular weight excluding hydrogens is 590 g/mol. The molecule has 1 aliphatic carbocycles. The molecule has 9 N–H and O–H groups in total. The molecule has 0 bridgehead atoms. The number of nitrogens with zero attached hydrogens (tertiary/aromatic N) is 8. The number of carboxylic acid groups (broad SMARTS) is 2. The summed E-state index contributed by atoms with van der Waals surface area (Å²) in [6.45, 7) is 0.109. The SMILES string of the molecule is O=C(O)C(F)(F)F.O=C(O)C(F)(F)F.[N-]=[N+]=NC[C@@H]1[C@@H](CN=[N+]=[N-])[C@H](c2cnc(N)[nH]2)[C@]2(NC(N)=NC2O)[C@H]1Cl. The molecule has 1 aliphatic heterocycles. The number of aliphatic carboxylic acids is 2. The van der Waals surface area contributed by atoms with E-state index in [1.165, 1.54) is 6.20 Å². The predicted molar refractivity (Wildman–Crippen MR) is 121 cm³/mol. The van der Waals surface area contributed by atoms with Crippen LogP contribution in [0.5, 0.6) is 0 Å². The van der Waals surface area contributed by atoms with E-state index < -0.39 is 53.3 Å². The molecule has 0 aromatic carbocycles. The zero-order valence-corrected chi connectivity index (χ0v) is 20.2. The van der Waals surface area contributed by atoms with Crippen LogP contribution in [0.4, 0.5) is 32.3 Å². The first kappa shape index (κ1) is 33.7. The lowest BCUT2D eigenvalue weighted by Gasteiger charge is -2.37. The monoisotopic (exact) mass is 608 g/mol. The van der Waals surface area contributed by atoms with Crippen molar-refractivity contribution in [3.63, 3.8) is 0 Å².